The summed E-state index contributed by atoms with van der Waals surface area (Å²) in [6, 6.07) is 8.08. The van der Waals surface area contributed by atoms with Crippen LogP contribution in [0.4, 0.5) is 11.4 Å². The smallest absolute Gasteiger partial charge is 0.254 e. The number of fused-ring (bicyclic) bond motifs is 2. The number of likely N-dealkylation sites (tertiary alicyclic amines) is 1. The first kappa shape index (κ1) is 20.5. The Balaban J connectivity index is 1.35. The molecule has 1 saturated carbocycles. The van der Waals surface area contributed by atoms with E-state index in [0.29, 0.717) is 23.8 Å². The van der Waals surface area contributed by atoms with Gasteiger partial charge in [0.25, 0.3) is 5.91 Å². The lowest BCUT2D eigenvalue weighted by Gasteiger charge is -2.31. The van der Waals surface area contributed by atoms with Gasteiger partial charge in [-0.1, -0.05) is 0 Å². The maximum atomic E-state index is 13.3. The molecule has 8 nitrogen and oxygen atoms in total. The summed E-state index contributed by atoms with van der Waals surface area (Å²) in [5.74, 6) is 1.42. The van der Waals surface area contributed by atoms with Crippen molar-refractivity contribution >= 4 is 28.4 Å². The van der Waals surface area contributed by atoms with Crippen LogP contribution in [0.2, 0.25) is 0 Å². The van der Waals surface area contributed by atoms with Crippen molar-refractivity contribution < 1.29 is 13.9 Å². The summed E-state index contributed by atoms with van der Waals surface area (Å²) in [5, 5.41) is 4.77. The maximum Gasteiger partial charge on any atom is 0.254 e. The fraction of sp³-hybridized carbons (Fsp3) is 0.480. The molecule has 0 radical (unpaired) electrons. The molecular weight excluding hydrogens is 418 g/mol. The lowest BCUT2D eigenvalue weighted by molar-refractivity contribution is 0.0708. The number of nitrogens with two attached hydrogens (primary N) is 1. The third-order valence-corrected chi connectivity index (χ3v) is 7.27. The van der Waals surface area contributed by atoms with Crippen LogP contribution in [-0.4, -0.2) is 48.7 Å². The second-order valence-electron chi connectivity index (χ2n) is 9.69. The number of anilines is 2. The number of ether oxygens (including phenoxy) is 1. The first-order valence-electron chi connectivity index (χ1n) is 11.9. The van der Waals surface area contributed by atoms with Gasteiger partial charge in [0.15, 0.2) is 0 Å². The highest BCUT2D eigenvalue weighted by Gasteiger charge is 2.36. The lowest BCUT2D eigenvalue weighted by Crippen LogP contribution is -2.45. The van der Waals surface area contributed by atoms with Crippen LogP contribution in [0.5, 0.6) is 5.75 Å². The molecule has 8 heteroatoms. The van der Waals surface area contributed by atoms with Crippen molar-refractivity contribution in [3.8, 4) is 5.75 Å². The van der Waals surface area contributed by atoms with Gasteiger partial charge in [-0.3, -0.25) is 4.79 Å². The van der Waals surface area contributed by atoms with Crippen LogP contribution in [0.25, 0.3) is 11.1 Å². The summed E-state index contributed by atoms with van der Waals surface area (Å²) in [4.78, 5) is 17.3. The Morgan fingerprint density at radius 3 is 2.88 bits per heavy atom. The number of benzene rings is 1. The summed E-state index contributed by atoms with van der Waals surface area (Å²) in [7, 11) is 3.72. The van der Waals surface area contributed by atoms with Gasteiger partial charge in [-0.05, 0) is 55.9 Å². The van der Waals surface area contributed by atoms with E-state index in [0.717, 1.165) is 54.1 Å². The number of aromatic nitrogens is 1. The van der Waals surface area contributed by atoms with Gasteiger partial charge in [-0.25, -0.2) is 0 Å². The van der Waals surface area contributed by atoms with E-state index in [1.165, 1.54) is 12.8 Å². The number of amides is 1. The molecule has 1 aromatic carbocycles. The highest BCUT2D eigenvalue weighted by Crippen LogP contribution is 2.48. The van der Waals surface area contributed by atoms with E-state index < -0.39 is 0 Å². The number of carbonyl (C=O) groups excluding carboxylic acids is 1. The highest BCUT2D eigenvalue weighted by atomic mass is 16.5. The number of methoxy groups -OCH3 is 1. The van der Waals surface area contributed by atoms with E-state index in [9.17, 15) is 4.79 Å². The topological polar surface area (TPSA) is 88.9 Å². The predicted molar refractivity (Wildman–Crippen MR) is 128 cm³/mol. The summed E-state index contributed by atoms with van der Waals surface area (Å²) in [6.45, 7) is 2.31. The third-order valence-electron chi connectivity index (χ3n) is 7.27. The maximum absolute atomic E-state index is 13.3. The van der Waals surface area contributed by atoms with Crippen LogP contribution in [0, 0.1) is 5.92 Å². The van der Waals surface area contributed by atoms with Crippen molar-refractivity contribution in [2.24, 2.45) is 11.7 Å². The summed E-state index contributed by atoms with van der Waals surface area (Å²) >= 11 is 0. The Kier molecular flexibility index (Phi) is 4.79. The Hall–Kier alpha value is -3.13. The standard InChI is InChI=1S/C25H31N5O3/c1-28-22-19(10-17(12-21(22)32-2)24(31)29-8-3-4-18(26)14-29)27-23(28)20-11-16-7-9-33-25(16)30(20)13-15-5-6-15/h7,9-12,15,18,23,27H,3-6,8,13-14,26H2,1-2H3/t18-,23?/m1/s1. The molecule has 6 rings (SSSR count). The van der Waals surface area contributed by atoms with Gasteiger partial charge in [-0.2, -0.15) is 0 Å². The number of piperidine rings is 1. The van der Waals surface area contributed by atoms with Crippen LogP contribution in [0.3, 0.4) is 0 Å². The summed E-state index contributed by atoms with van der Waals surface area (Å²) in [6.07, 6.45) is 6.13. The molecule has 4 heterocycles. The van der Waals surface area contributed by atoms with Gasteiger partial charge in [0.2, 0.25) is 5.71 Å². The van der Waals surface area contributed by atoms with Gasteiger partial charge in [0.05, 0.1) is 24.8 Å². The van der Waals surface area contributed by atoms with Crippen molar-refractivity contribution in [1.29, 1.82) is 0 Å². The molecule has 2 atom stereocenters. The van der Waals surface area contributed by atoms with Crippen molar-refractivity contribution in [3.05, 3.63) is 41.8 Å². The van der Waals surface area contributed by atoms with Gasteiger partial charge in [0.1, 0.15) is 17.6 Å². The number of carbonyl (C=O) groups is 1. The summed E-state index contributed by atoms with van der Waals surface area (Å²) < 4.78 is 13.9. The fourth-order valence-corrected chi connectivity index (χ4v) is 5.35. The lowest BCUT2D eigenvalue weighted by atomic mass is 10.0. The van der Waals surface area contributed by atoms with E-state index in [4.69, 9.17) is 14.9 Å². The van der Waals surface area contributed by atoms with Gasteiger partial charge in [0, 0.05) is 43.7 Å². The van der Waals surface area contributed by atoms with Crippen LogP contribution < -0.4 is 20.7 Å². The normalized spacial score (nSPS) is 22.5. The minimum Gasteiger partial charge on any atom is -0.494 e. The molecule has 174 valence electrons. The Labute approximate surface area is 193 Å². The number of hydrogen-bond acceptors (Lipinski definition) is 6. The zero-order chi connectivity index (χ0) is 22.7. The molecular formula is C25H31N5O3. The van der Waals surface area contributed by atoms with E-state index in [-0.39, 0.29) is 18.1 Å². The Morgan fingerprint density at radius 2 is 2.12 bits per heavy atom. The number of furan rings is 1. The monoisotopic (exact) mass is 449 g/mol. The van der Waals surface area contributed by atoms with Gasteiger partial charge in [-0.15, -0.1) is 0 Å². The average molecular weight is 450 g/mol. The molecule has 2 aromatic heterocycles. The molecule has 0 spiro atoms. The predicted octanol–water partition coefficient (Wildman–Crippen LogP) is 3.78. The Bertz CT molecular complexity index is 1210. The molecule has 2 aliphatic heterocycles. The van der Waals surface area contributed by atoms with E-state index in [1.54, 1.807) is 13.4 Å². The van der Waals surface area contributed by atoms with Crippen LogP contribution >= 0.6 is 0 Å². The molecule has 1 saturated heterocycles. The molecule has 3 aromatic rings. The first-order valence-corrected chi connectivity index (χ1v) is 11.9. The van der Waals surface area contributed by atoms with Crippen molar-refractivity contribution in [1.82, 2.24) is 9.47 Å². The highest BCUT2D eigenvalue weighted by molar-refractivity contribution is 5.99. The zero-order valence-electron chi connectivity index (χ0n) is 19.2. The van der Waals surface area contributed by atoms with Crippen molar-refractivity contribution in [2.75, 3.05) is 37.5 Å². The van der Waals surface area contributed by atoms with E-state index in [2.05, 4.69) is 27.9 Å². The van der Waals surface area contributed by atoms with E-state index in [1.807, 2.05) is 23.1 Å². The number of nitrogens with zero attached hydrogens (tertiary/aromatic N) is 3. The van der Waals surface area contributed by atoms with E-state index >= 15 is 0 Å². The molecule has 33 heavy (non-hydrogen) atoms. The second-order valence-corrected chi connectivity index (χ2v) is 9.69. The Morgan fingerprint density at radius 1 is 1.27 bits per heavy atom. The molecule has 3 N–H and O–H groups in total. The number of hydrogen-bond donors (Lipinski definition) is 2. The third kappa shape index (κ3) is 3.44. The summed E-state index contributed by atoms with van der Waals surface area (Å²) in [5.41, 5.74) is 10.7. The minimum absolute atomic E-state index is 0.00813. The molecule has 1 amide bonds. The largest absolute Gasteiger partial charge is 0.494 e. The average Bonchev–Trinajstić information content (AvgIpc) is 3.26. The quantitative estimate of drug-likeness (QED) is 0.616. The van der Waals surface area contributed by atoms with Crippen LogP contribution in [0.1, 0.15) is 47.9 Å². The van der Waals surface area contributed by atoms with Crippen LogP contribution in [-0.2, 0) is 6.54 Å². The minimum atomic E-state index is -0.0796. The van der Waals surface area contributed by atoms with Gasteiger partial charge < -0.3 is 34.6 Å². The number of rotatable bonds is 5. The SMILES string of the molecule is COc1cc(C(=O)N2CCC[C@@H](N)C2)cc2c1N(C)C(c1cc3ccoc3n1CC1CC1)N2. The fourth-order valence-electron chi connectivity index (χ4n) is 5.35. The van der Waals surface area contributed by atoms with Crippen LogP contribution in [0.15, 0.2) is 34.9 Å². The second kappa shape index (κ2) is 7.73. The molecule has 2 fully saturated rings. The first-order chi connectivity index (χ1) is 16.0. The zero-order valence-corrected chi connectivity index (χ0v) is 19.2. The molecule has 0 bridgehead atoms. The van der Waals surface area contributed by atoms with Crippen molar-refractivity contribution in [2.45, 2.75) is 44.4 Å². The molecule has 1 unspecified atom stereocenters. The van der Waals surface area contributed by atoms with Gasteiger partial charge >= 0.3 is 0 Å². The van der Waals surface area contributed by atoms with Crippen molar-refractivity contribution in [3.63, 3.8) is 0 Å². The molecule has 3 aliphatic rings. The molecule has 1 aliphatic carbocycles. The number of nitrogens with one attached hydrogen (secondary N) is 1.